The van der Waals surface area contributed by atoms with E-state index in [1.807, 2.05) is 62.3 Å². The van der Waals surface area contributed by atoms with Gasteiger partial charge in [0.05, 0.1) is 30.0 Å². The maximum absolute atomic E-state index is 5.69. The van der Waals surface area contributed by atoms with Crippen molar-refractivity contribution < 1.29 is 37.9 Å². The Morgan fingerprint density at radius 2 is 1.19 bits per heavy atom. The molecule has 9 heteroatoms. The fourth-order valence-corrected chi connectivity index (χ4v) is 3.54. The normalized spacial score (nSPS) is 18.8. The second-order valence-corrected chi connectivity index (χ2v) is 12.0. The third-order valence-corrected chi connectivity index (χ3v) is 4.71. The first-order chi connectivity index (χ1) is 12.2. The van der Waals surface area contributed by atoms with Crippen LogP contribution in [0.5, 0.6) is 0 Å². The lowest BCUT2D eigenvalue weighted by atomic mass is 10.2. The Kier molecular flexibility index (Phi) is 9.31. The molecule has 162 valence electrons. The van der Waals surface area contributed by atoms with Gasteiger partial charge in [-0.3, -0.25) is 0 Å². The fraction of sp³-hybridized carbons (Fsp3) is 1.00. The third kappa shape index (κ3) is 13.7. The minimum Gasteiger partial charge on any atom is -0.379 e. The van der Waals surface area contributed by atoms with Gasteiger partial charge in [0, 0.05) is 12.7 Å². The molecule has 0 N–H and O–H groups in total. The van der Waals surface area contributed by atoms with Crippen LogP contribution >= 0.6 is 0 Å². The molecule has 1 aliphatic rings. The molecule has 0 bridgehead atoms. The predicted molar refractivity (Wildman–Crippen MR) is 102 cm³/mol. The summed E-state index contributed by atoms with van der Waals surface area (Å²) in [6.07, 6.45) is 0.862. The first-order valence-electron chi connectivity index (χ1n) is 9.50. The zero-order chi connectivity index (χ0) is 20.8. The van der Waals surface area contributed by atoms with E-state index in [1.54, 1.807) is 0 Å². The van der Waals surface area contributed by atoms with Crippen molar-refractivity contribution in [2.45, 2.75) is 97.7 Å². The number of hydrogen-bond acceptors (Lipinski definition) is 8. The molecular weight excluding hydrogens is 372 g/mol. The first kappa shape index (κ1) is 24.9. The SMILES string of the molecule is CC(C)(C)OO[Si](CCCOCC1CO1)(OOC(C)(C)C)OOC(C)(C)C. The second-order valence-electron chi connectivity index (χ2n) is 9.65. The van der Waals surface area contributed by atoms with Crippen molar-refractivity contribution in [2.24, 2.45) is 0 Å². The Bertz CT molecular complexity index is 375. The number of ether oxygens (including phenoxy) is 2. The lowest BCUT2D eigenvalue weighted by molar-refractivity contribution is -0.410. The van der Waals surface area contributed by atoms with Crippen LogP contribution in [0, 0.1) is 0 Å². The van der Waals surface area contributed by atoms with E-state index >= 15 is 0 Å². The number of hydrogen-bond donors (Lipinski definition) is 0. The molecule has 0 aliphatic carbocycles. The Morgan fingerprint density at radius 3 is 1.52 bits per heavy atom. The van der Waals surface area contributed by atoms with Crippen LogP contribution in [0.2, 0.25) is 6.04 Å². The van der Waals surface area contributed by atoms with Crippen molar-refractivity contribution in [3.8, 4) is 0 Å². The van der Waals surface area contributed by atoms with Crippen molar-refractivity contribution in [3.63, 3.8) is 0 Å². The summed E-state index contributed by atoms with van der Waals surface area (Å²) < 4.78 is 27.8. The van der Waals surface area contributed by atoms with E-state index in [-0.39, 0.29) is 6.10 Å². The molecule has 1 atom stereocenters. The maximum atomic E-state index is 5.69. The summed E-state index contributed by atoms with van der Waals surface area (Å²) in [7, 11) is -3.46. The van der Waals surface area contributed by atoms with E-state index in [1.165, 1.54) is 0 Å². The van der Waals surface area contributed by atoms with Gasteiger partial charge < -0.3 is 9.47 Å². The van der Waals surface area contributed by atoms with Gasteiger partial charge in [0.2, 0.25) is 0 Å². The zero-order valence-electron chi connectivity index (χ0n) is 18.4. The van der Waals surface area contributed by atoms with Crippen molar-refractivity contribution in [3.05, 3.63) is 0 Å². The lowest BCUT2D eigenvalue weighted by Crippen LogP contribution is -2.50. The molecule has 0 amide bonds. The average Bonchev–Trinajstić information content (AvgIpc) is 3.29. The van der Waals surface area contributed by atoms with Crippen LogP contribution in [-0.4, -0.2) is 51.5 Å². The highest BCUT2D eigenvalue weighted by molar-refractivity contribution is 6.59. The zero-order valence-corrected chi connectivity index (χ0v) is 19.4. The second kappa shape index (κ2) is 10.1. The molecule has 1 fully saturated rings. The Labute approximate surface area is 164 Å². The smallest absolute Gasteiger partial charge is 0.379 e. The summed E-state index contributed by atoms with van der Waals surface area (Å²) in [4.78, 5) is 16.6. The molecule has 8 nitrogen and oxygen atoms in total. The molecule has 1 saturated heterocycles. The van der Waals surface area contributed by atoms with Crippen LogP contribution in [0.4, 0.5) is 0 Å². The van der Waals surface area contributed by atoms with Crippen LogP contribution in [0.15, 0.2) is 0 Å². The average molecular weight is 411 g/mol. The van der Waals surface area contributed by atoms with Crippen LogP contribution in [0.1, 0.15) is 68.7 Å². The molecule has 1 unspecified atom stereocenters. The Morgan fingerprint density at radius 1 is 0.778 bits per heavy atom. The minimum absolute atomic E-state index is 0.230. The molecular formula is C18H38O8Si. The predicted octanol–water partition coefficient (Wildman–Crippen LogP) is 3.97. The standard InChI is InChI=1S/C18H38O8Si/c1-16(2,3)21-24-27(25-22-17(4,5)6,26-23-18(7,8)9)12-10-11-19-13-15-14-20-15/h15H,10-14H2,1-9H3. The topological polar surface area (TPSA) is 77.1 Å². The van der Waals surface area contributed by atoms with Crippen LogP contribution in [0.25, 0.3) is 0 Å². The van der Waals surface area contributed by atoms with Gasteiger partial charge in [0.15, 0.2) is 0 Å². The van der Waals surface area contributed by atoms with Crippen molar-refractivity contribution >= 4 is 8.80 Å². The fourth-order valence-electron chi connectivity index (χ4n) is 1.50. The molecule has 27 heavy (non-hydrogen) atoms. The van der Waals surface area contributed by atoms with Gasteiger partial charge in [-0.1, -0.05) is 0 Å². The summed E-state index contributed by atoms with van der Waals surface area (Å²) in [5.74, 6) is 0. The Balaban J connectivity index is 2.74. The minimum atomic E-state index is -3.46. The summed E-state index contributed by atoms with van der Waals surface area (Å²) >= 11 is 0. The molecule has 0 saturated carbocycles. The van der Waals surface area contributed by atoms with E-state index in [0.29, 0.717) is 25.7 Å². The molecule has 0 aromatic rings. The molecule has 0 radical (unpaired) electrons. The highest BCUT2D eigenvalue weighted by Crippen LogP contribution is 2.26. The lowest BCUT2D eigenvalue weighted by Gasteiger charge is -2.33. The van der Waals surface area contributed by atoms with Crippen molar-refractivity contribution in [2.75, 3.05) is 19.8 Å². The number of rotatable bonds is 12. The molecule has 1 aliphatic heterocycles. The highest BCUT2D eigenvalue weighted by Gasteiger charge is 2.49. The maximum Gasteiger partial charge on any atom is 0.584 e. The molecule has 1 rings (SSSR count). The van der Waals surface area contributed by atoms with Crippen molar-refractivity contribution in [1.82, 2.24) is 0 Å². The van der Waals surface area contributed by atoms with Gasteiger partial charge in [-0.2, -0.15) is 0 Å². The summed E-state index contributed by atoms with van der Waals surface area (Å²) in [6, 6.07) is 0.404. The van der Waals surface area contributed by atoms with Crippen molar-refractivity contribution in [1.29, 1.82) is 0 Å². The monoisotopic (exact) mass is 410 g/mol. The summed E-state index contributed by atoms with van der Waals surface area (Å²) in [5, 5.41) is 0. The van der Waals surface area contributed by atoms with E-state index in [4.69, 9.17) is 37.9 Å². The van der Waals surface area contributed by atoms with E-state index in [0.717, 1.165) is 6.61 Å². The Hall–Kier alpha value is -0.103. The van der Waals surface area contributed by atoms with Crippen LogP contribution in [0.3, 0.4) is 0 Å². The van der Waals surface area contributed by atoms with Crippen LogP contribution < -0.4 is 0 Å². The van der Waals surface area contributed by atoms with Crippen LogP contribution in [-0.2, 0) is 37.9 Å². The number of epoxide rings is 1. The van der Waals surface area contributed by atoms with E-state index in [2.05, 4.69) is 0 Å². The summed E-state index contributed by atoms with van der Waals surface area (Å²) in [6.45, 7) is 18.8. The van der Waals surface area contributed by atoms with E-state index in [9.17, 15) is 0 Å². The van der Waals surface area contributed by atoms with Gasteiger partial charge in [0.25, 0.3) is 0 Å². The summed E-state index contributed by atoms with van der Waals surface area (Å²) in [5.41, 5.74) is -1.64. The largest absolute Gasteiger partial charge is 0.584 e. The molecule has 0 spiro atoms. The molecule has 0 aromatic carbocycles. The third-order valence-electron chi connectivity index (χ3n) is 2.73. The van der Waals surface area contributed by atoms with Gasteiger partial charge in [-0.25, -0.2) is 28.4 Å². The van der Waals surface area contributed by atoms with Gasteiger partial charge in [-0.15, -0.1) is 0 Å². The van der Waals surface area contributed by atoms with Gasteiger partial charge >= 0.3 is 8.80 Å². The quantitative estimate of drug-likeness (QED) is 0.157. The molecule has 1 heterocycles. The van der Waals surface area contributed by atoms with Gasteiger partial charge in [0.1, 0.15) is 6.10 Å². The highest BCUT2D eigenvalue weighted by atomic mass is 28.4. The van der Waals surface area contributed by atoms with E-state index < -0.39 is 25.6 Å². The first-order valence-corrected chi connectivity index (χ1v) is 11.4. The molecule has 0 aromatic heterocycles. The van der Waals surface area contributed by atoms with Gasteiger partial charge in [-0.05, 0) is 68.7 Å².